The molecule has 1 aliphatic rings. The van der Waals surface area contributed by atoms with E-state index in [0.717, 1.165) is 52.6 Å². The zero-order valence-corrected chi connectivity index (χ0v) is 24.9. The van der Waals surface area contributed by atoms with Gasteiger partial charge in [-0.1, -0.05) is 89.8 Å². The lowest BCUT2D eigenvalue weighted by Crippen LogP contribution is -2.53. The zero-order chi connectivity index (χ0) is 27.5. The maximum absolute atomic E-state index is 13.8. The number of thioether (sulfide) groups is 1. The third-order valence-corrected chi connectivity index (χ3v) is 8.66. The van der Waals surface area contributed by atoms with E-state index in [1.165, 1.54) is 6.42 Å². The summed E-state index contributed by atoms with van der Waals surface area (Å²) in [6, 6.07) is 25.5. The van der Waals surface area contributed by atoms with Crippen molar-refractivity contribution in [1.82, 2.24) is 10.2 Å². The molecule has 39 heavy (non-hydrogen) atoms. The number of halogens is 1. The van der Waals surface area contributed by atoms with Gasteiger partial charge in [0.1, 0.15) is 11.8 Å². The molecule has 1 N–H and O–H groups in total. The van der Waals surface area contributed by atoms with Crippen molar-refractivity contribution in [2.24, 2.45) is 0 Å². The molecule has 3 aromatic carbocycles. The molecule has 1 unspecified atom stereocenters. The first-order chi connectivity index (χ1) is 19.0. The van der Waals surface area contributed by atoms with E-state index in [1.54, 1.807) is 23.8 Å². The lowest BCUT2D eigenvalue weighted by molar-refractivity contribution is -0.139. The predicted molar refractivity (Wildman–Crippen MR) is 163 cm³/mol. The Morgan fingerprint density at radius 3 is 2.26 bits per heavy atom. The van der Waals surface area contributed by atoms with Crippen LogP contribution in [0.15, 0.2) is 83.3 Å². The fraction of sp³-hybridized carbons (Fsp3) is 0.375. The van der Waals surface area contributed by atoms with Gasteiger partial charge in [-0.15, -0.1) is 11.8 Å². The van der Waals surface area contributed by atoms with Crippen LogP contribution in [0.3, 0.4) is 0 Å². The summed E-state index contributed by atoms with van der Waals surface area (Å²) in [4.78, 5) is 29.4. The van der Waals surface area contributed by atoms with E-state index in [2.05, 4.69) is 21.2 Å². The smallest absolute Gasteiger partial charge is 0.243 e. The summed E-state index contributed by atoms with van der Waals surface area (Å²) in [7, 11) is 1.65. The fourth-order valence-electron chi connectivity index (χ4n) is 4.95. The highest BCUT2D eigenvalue weighted by atomic mass is 79.9. The Morgan fingerprint density at radius 2 is 1.59 bits per heavy atom. The summed E-state index contributed by atoms with van der Waals surface area (Å²) >= 11 is 5.07. The van der Waals surface area contributed by atoms with Crippen molar-refractivity contribution in [1.29, 1.82) is 0 Å². The number of hydrogen-bond donors (Lipinski definition) is 1. The van der Waals surface area contributed by atoms with Crippen molar-refractivity contribution in [2.75, 3.05) is 12.9 Å². The number of methoxy groups -OCH3 is 1. The Balaban J connectivity index is 1.54. The van der Waals surface area contributed by atoms with Gasteiger partial charge in [0.25, 0.3) is 0 Å². The predicted octanol–water partition coefficient (Wildman–Crippen LogP) is 6.78. The van der Waals surface area contributed by atoms with Gasteiger partial charge in [0.05, 0.1) is 12.9 Å². The van der Waals surface area contributed by atoms with Crippen molar-refractivity contribution in [2.45, 2.75) is 62.9 Å². The number of ether oxygens (including phenoxy) is 1. The normalized spacial score (nSPS) is 14.4. The molecule has 3 aromatic rings. The van der Waals surface area contributed by atoms with E-state index >= 15 is 0 Å². The first-order valence-corrected chi connectivity index (χ1v) is 15.6. The molecule has 7 heteroatoms. The first kappa shape index (κ1) is 29.2. The molecule has 0 heterocycles. The minimum absolute atomic E-state index is 0.0313. The van der Waals surface area contributed by atoms with Gasteiger partial charge in [0, 0.05) is 29.2 Å². The quantitative estimate of drug-likeness (QED) is 0.246. The van der Waals surface area contributed by atoms with Gasteiger partial charge in [0.15, 0.2) is 0 Å². The maximum Gasteiger partial charge on any atom is 0.243 e. The number of nitrogens with one attached hydrogen (secondary N) is 1. The van der Waals surface area contributed by atoms with Gasteiger partial charge in [0.2, 0.25) is 11.8 Å². The summed E-state index contributed by atoms with van der Waals surface area (Å²) in [6.45, 7) is 0.380. The Labute approximate surface area is 244 Å². The third kappa shape index (κ3) is 9.14. The van der Waals surface area contributed by atoms with Gasteiger partial charge in [-0.05, 0) is 53.8 Å². The minimum atomic E-state index is -0.591. The van der Waals surface area contributed by atoms with Crippen molar-refractivity contribution in [3.63, 3.8) is 0 Å². The molecule has 1 fully saturated rings. The lowest BCUT2D eigenvalue weighted by Gasteiger charge is -2.33. The largest absolute Gasteiger partial charge is 0.497 e. The third-order valence-electron chi connectivity index (χ3n) is 7.14. The molecule has 2 amide bonds. The molecule has 5 nitrogen and oxygen atoms in total. The maximum atomic E-state index is 13.8. The molecule has 1 atom stereocenters. The number of amides is 2. The van der Waals surface area contributed by atoms with Crippen LogP contribution < -0.4 is 10.1 Å². The molecular weight excluding hydrogens is 572 g/mol. The topological polar surface area (TPSA) is 58.6 Å². The molecule has 0 saturated heterocycles. The van der Waals surface area contributed by atoms with Crippen LogP contribution in [0.5, 0.6) is 5.75 Å². The number of benzene rings is 3. The highest BCUT2D eigenvalue weighted by molar-refractivity contribution is 9.10. The summed E-state index contributed by atoms with van der Waals surface area (Å²) in [5.41, 5.74) is 3.17. The van der Waals surface area contributed by atoms with Gasteiger partial charge in [-0.25, -0.2) is 0 Å². The summed E-state index contributed by atoms with van der Waals surface area (Å²) in [6.07, 6.45) is 5.98. The number of hydrogen-bond acceptors (Lipinski definition) is 4. The first-order valence-electron chi connectivity index (χ1n) is 13.6. The van der Waals surface area contributed by atoms with Crippen molar-refractivity contribution >= 4 is 39.5 Å². The van der Waals surface area contributed by atoms with Crippen LogP contribution in [0.25, 0.3) is 0 Å². The summed E-state index contributed by atoms with van der Waals surface area (Å²) < 4.78 is 6.23. The molecule has 1 aliphatic carbocycles. The Morgan fingerprint density at radius 1 is 0.923 bits per heavy atom. The highest BCUT2D eigenvalue weighted by Gasteiger charge is 2.31. The van der Waals surface area contributed by atoms with E-state index in [4.69, 9.17) is 4.74 Å². The molecule has 0 aliphatic heterocycles. The Kier molecular flexibility index (Phi) is 11.3. The van der Waals surface area contributed by atoms with Crippen molar-refractivity contribution in [3.05, 3.63) is 100 Å². The molecule has 1 saturated carbocycles. The monoisotopic (exact) mass is 608 g/mol. The number of carbonyl (C=O) groups is 2. The van der Waals surface area contributed by atoms with Gasteiger partial charge in [-0.3, -0.25) is 9.59 Å². The minimum Gasteiger partial charge on any atom is -0.497 e. The SMILES string of the molecule is COc1ccc(CSCC(=O)N(Cc2ccc(Br)cc2)C(Cc2ccccc2)C(=O)NC2CCCCC2)cc1. The van der Waals surface area contributed by atoms with E-state index in [0.29, 0.717) is 24.5 Å². The number of carbonyl (C=O) groups excluding carboxylic acids is 2. The van der Waals surface area contributed by atoms with Gasteiger partial charge < -0.3 is 15.0 Å². The van der Waals surface area contributed by atoms with E-state index in [1.807, 2.05) is 78.9 Å². The Bertz CT molecular complexity index is 1180. The molecule has 206 valence electrons. The fourth-order valence-corrected chi connectivity index (χ4v) is 6.08. The zero-order valence-electron chi connectivity index (χ0n) is 22.5. The van der Waals surface area contributed by atoms with Gasteiger partial charge in [-0.2, -0.15) is 0 Å². The van der Waals surface area contributed by atoms with E-state index in [9.17, 15) is 9.59 Å². The molecule has 0 bridgehead atoms. The second-order valence-electron chi connectivity index (χ2n) is 10.0. The second kappa shape index (κ2) is 15.1. The van der Waals surface area contributed by atoms with Crippen LogP contribution in [-0.2, 0) is 28.3 Å². The molecule has 0 aromatic heterocycles. The Hall–Kier alpha value is -2.77. The summed E-state index contributed by atoms with van der Waals surface area (Å²) in [5.74, 6) is 1.73. The average Bonchev–Trinajstić information content (AvgIpc) is 2.97. The average molecular weight is 610 g/mol. The number of nitrogens with zero attached hydrogens (tertiary/aromatic N) is 1. The number of rotatable bonds is 12. The van der Waals surface area contributed by atoms with Crippen LogP contribution in [0.4, 0.5) is 0 Å². The molecule has 4 rings (SSSR count). The molecular formula is C32H37BrN2O3S. The lowest BCUT2D eigenvalue weighted by atomic mass is 9.94. The molecule has 0 spiro atoms. The summed E-state index contributed by atoms with van der Waals surface area (Å²) in [5, 5.41) is 3.30. The van der Waals surface area contributed by atoms with Gasteiger partial charge >= 0.3 is 0 Å². The van der Waals surface area contributed by atoms with E-state index < -0.39 is 6.04 Å². The standard InChI is InChI=1S/C32H37BrN2O3S/c1-38-29-18-14-26(15-19-29)22-39-23-31(36)35(21-25-12-16-27(33)17-13-25)30(20-24-8-4-2-5-9-24)32(37)34-28-10-6-3-7-11-28/h2,4-5,8-9,12-19,28,30H,3,6-7,10-11,20-23H2,1H3,(H,34,37). The van der Waals surface area contributed by atoms with Crippen LogP contribution in [-0.4, -0.2) is 41.7 Å². The van der Waals surface area contributed by atoms with E-state index in [-0.39, 0.29) is 17.9 Å². The highest BCUT2D eigenvalue weighted by Crippen LogP contribution is 2.22. The van der Waals surface area contributed by atoms with Crippen molar-refractivity contribution in [3.8, 4) is 5.75 Å². The molecule has 0 radical (unpaired) electrons. The van der Waals surface area contributed by atoms with Crippen LogP contribution in [0.1, 0.15) is 48.8 Å². The second-order valence-corrected chi connectivity index (χ2v) is 11.9. The van der Waals surface area contributed by atoms with Crippen LogP contribution in [0, 0.1) is 0 Å². The van der Waals surface area contributed by atoms with Crippen LogP contribution >= 0.6 is 27.7 Å². The van der Waals surface area contributed by atoms with Crippen LogP contribution in [0.2, 0.25) is 0 Å². The van der Waals surface area contributed by atoms with Crippen molar-refractivity contribution < 1.29 is 14.3 Å².